The molecule has 170 valence electrons. The number of hydrogen-bond donors (Lipinski definition) is 1. The molecule has 0 unspecified atom stereocenters. The lowest BCUT2D eigenvalue weighted by atomic mass is 9.68. The molecule has 6 heteroatoms. The number of hydrogen-bond acceptors (Lipinski definition) is 5. The van der Waals surface area contributed by atoms with Crippen molar-refractivity contribution in [2.75, 3.05) is 19.6 Å². The van der Waals surface area contributed by atoms with E-state index in [1.165, 1.54) is 6.92 Å². The number of carbonyl (C=O) groups excluding carboxylic acids is 3. The van der Waals surface area contributed by atoms with Gasteiger partial charge in [0.15, 0.2) is 5.78 Å². The third-order valence-corrected chi connectivity index (χ3v) is 7.01. The van der Waals surface area contributed by atoms with E-state index in [1.54, 1.807) is 6.92 Å². The zero-order chi connectivity index (χ0) is 22.3. The molecule has 1 saturated heterocycles. The summed E-state index contributed by atoms with van der Waals surface area (Å²) in [6, 6.07) is -0.589. The molecule has 1 aliphatic carbocycles. The van der Waals surface area contributed by atoms with Gasteiger partial charge in [0.05, 0.1) is 5.41 Å². The standard InChI is InChI=1S/C24H40N2O4/c1-6-26(7-2)15-12-20-16-24(23(29)30-20)13-10-19(11-14-24)8-9-21(28)22(17(3)4)25-18(5)27/h19-20,22H,3,6-16H2,1-2,4-5H3,(H,25,27)/t19?,20-,22-,24?/m0/s1. The van der Waals surface area contributed by atoms with Gasteiger partial charge in [-0.3, -0.25) is 14.4 Å². The Kier molecular flexibility index (Phi) is 9.08. The normalized spacial score (nSPS) is 27.2. The second-order valence-electron chi connectivity index (χ2n) is 9.26. The Balaban J connectivity index is 1.80. The largest absolute Gasteiger partial charge is 0.462 e. The summed E-state index contributed by atoms with van der Waals surface area (Å²) >= 11 is 0. The number of rotatable bonds is 11. The second-order valence-corrected chi connectivity index (χ2v) is 9.26. The van der Waals surface area contributed by atoms with Gasteiger partial charge in [0.2, 0.25) is 5.91 Å². The van der Waals surface area contributed by atoms with Crippen LogP contribution >= 0.6 is 0 Å². The van der Waals surface area contributed by atoms with E-state index in [4.69, 9.17) is 4.74 Å². The molecule has 30 heavy (non-hydrogen) atoms. The van der Waals surface area contributed by atoms with Crippen LogP contribution in [0, 0.1) is 11.3 Å². The molecular weight excluding hydrogens is 380 g/mol. The number of ether oxygens (including phenoxy) is 1. The van der Waals surface area contributed by atoms with E-state index in [2.05, 4.69) is 30.6 Å². The van der Waals surface area contributed by atoms with Gasteiger partial charge in [0.1, 0.15) is 12.1 Å². The summed E-state index contributed by atoms with van der Waals surface area (Å²) in [4.78, 5) is 38.9. The zero-order valence-electron chi connectivity index (χ0n) is 19.3. The van der Waals surface area contributed by atoms with Gasteiger partial charge in [-0.2, -0.15) is 0 Å². The number of cyclic esters (lactones) is 1. The molecule has 1 amide bonds. The Bertz CT molecular complexity index is 633. The summed E-state index contributed by atoms with van der Waals surface area (Å²) in [7, 11) is 0. The summed E-state index contributed by atoms with van der Waals surface area (Å²) in [6.45, 7) is 14.4. The molecule has 2 aliphatic rings. The van der Waals surface area contributed by atoms with Crippen molar-refractivity contribution in [3.8, 4) is 0 Å². The molecule has 1 aliphatic heterocycles. The summed E-state index contributed by atoms with van der Waals surface area (Å²) < 4.78 is 5.75. The van der Waals surface area contributed by atoms with Crippen molar-refractivity contribution in [1.29, 1.82) is 0 Å². The molecule has 6 nitrogen and oxygen atoms in total. The molecule has 0 bridgehead atoms. The average molecular weight is 421 g/mol. The molecule has 0 aromatic heterocycles. The number of nitrogens with one attached hydrogen (secondary N) is 1. The predicted octanol–water partition coefficient (Wildman–Crippen LogP) is 3.64. The number of esters is 1. The fourth-order valence-corrected chi connectivity index (χ4v) is 4.96. The first-order valence-corrected chi connectivity index (χ1v) is 11.6. The number of ketones is 1. The molecule has 0 aromatic carbocycles. The van der Waals surface area contributed by atoms with Crippen LogP contribution in [0.5, 0.6) is 0 Å². The molecular formula is C24H40N2O4. The van der Waals surface area contributed by atoms with E-state index >= 15 is 0 Å². The van der Waals surface area contributed by atoms with Crippen LogP contribution in [0.2, 0.25) is 0 Å². The van der Waals surface area contributed by atoms with Gasteiger partial charge >= 0.3 is 5.97 Å². The van der Waals surface area contributed by atoms with Crippen molar-refractivity contribution in [2.24, 2.45) is 11.3 Å². The van der Waals surface area contributed by atoms with Crippen LogP contribution in [-0.2, 0) is 19.1 Å². The summed E-state index contributed by atoms with van der Waals surface area (Å²) in [5, 5.41) is 2.69. The van der Waals surface area contributed by atoms with Crippen molar-refractivity contribution >= 4 is 17.7 Å². The maximum absolute atomic E-state index is 12.6. The molecule has 2 fully saturated rings. The summed E-state index contributed by atoms with van der Waals surface area (Å²) in [6.07, 6.45) is 6.70. The second kappa shape index (κ2) is 11.1. The van der Waals surface area contributed by atoms with Crippen LogP contribution in [0.4, 0.5) is 0 Å². The van der Waals surface area contributed by atoms with Gasteiger partial charge in [-0.1, -0.05) is 26.0 Å². The van der Waals surface area contributed by atoms with E-state index in [-0.39, 0.29) is 29.2 Å². The number of Topliss-reactive ketones (excluding diaryl/α,β-unsaturated/α-hetero) is 1. The maximum Gasteiger partial charge on any atom is 0.312 e. The van der Waals surface area contributed by atoms with Gasteiger partial charge in [0, 0.05) is 26.3 Å². The molecule has 0 aromatic rings. The molecule has 2 rings (SSSR count). The third-order valence-electron chi connectivity index (χ3n) is 7.01. The highest BCUT2D eigenvalue weighted by Gasteiger charge is 2.50. The monoisotopic (exact) mass is 420 g/mol. The molecule has 2 atom stereocenters. The average Bonchev–Trinajstić information content (AvgIpc) is 3.01. The van der Waals surface area contributed by atoms with Crippen molar-refractivity contribution in [3.05, 3.63) is 12.2 Å². The summed E-state index contributed by atoms with van der Waals surface area (Å²) in [5.74, 6) is 0.251. The molecule has 1 N–H and O–H groups in total. The first kappa shape index (κ1) is 24.6. The van der Waals surface area contributed by atoms with E-state index < -0.39 is 6.04 Å². The quantitative estimate of drug-likeness (QED) is 0.408. The molecule has 0 radical (unpaired) electrons. The van der Waals surface area contributed by atoms with E-state index in [9.17, 15) is 14.4 Å². The smallest absolute Gasteiger partial charge is 0.312 e. The SMILES string of the molecule is C=C(C)[C@H](NC(C)=O)C(=O)CCC1CCC2(CC1)C[C@H](CCN(CC)CC)OC2=O. The maximum atomic E-state index is 12.6. The lowest BCUT2D eigenvalue weighted by Gasteiger charge is -2.34. The Hall–Kier alpha value is -1.69. The van der Waals surface area contributed by atoms with Crippen LogP contribution in [0.1, 0.15) is 79.1 Å². The minimum atomic E-state index is -0.589. The first-order valence-electron chi connectivity index (χ1n) is 11.6. The van der Waals surface area contributed by atoms with Crippen LogP contribution in [0.25, 0.3) is 0 Å². The lowest BCUT2D eigenvalue weighted by Crippen LogP contribution is -2.40. The van der Waals surface area contributed by atoms with E-state index in [1.807, 2.05) is 0 Å². The van der Waals surface area contributed by atoms with E-state index in [0.29, 0.717) is 17.9 Å². The van der Waals surface area contributed by atoms with Crippen LogP contribution in [0.3, 0.4) is 0 Å². The van der Waals surface area contributed by atoms with Gasteiger partial charge in [0.25, 0.3) is 0 Å². The van der Waals surface area contributed by atoms with Crippen LogP contribution in [0.15, 0.2) is 12.2 Å². The minimum absolute atomic E-state index is 0.00502. The summed E-state index contributed by atoms with van der Waals surface area (Å²) in [5.41, 5.74) is 0.368. The van der Waals surface area contributed by atoms with Crippen LogP contribution < -0.4 is 5.32 Å². The highest BCUT2D eigenvalue weighted by atomic mass is 16.6. The number of nitrogens with zero attached hydrogens (tertiary/aromatic N) is 1. The Morgan fingerprint density at radius 2 is 1.83 bits per heavy atom. The van der Waals surface area contributed by atoms with Gasteiger partial charge in [-0.05, 0) is 64.5 Å². The van der Waals surface area contributed by atoms with Crippen molar-refractivity contribution in [1.82, 2.24) is 10.2 Å². The van der Waals surface area contributed by atoms with Crippen LogP contribution in [-0.4, -0.2) is 54.3 Å². The van der Waals surface area contributed by atoms with Gasteiger partial charge in [-0.25, -0.2) is 0 Å². The minimum Gasteiger partial charge on any atom is -0.462 e. The molecule has 1 saturated carbocycles. The van der Waals surface area contributed by atoms with Gasteiger partial charge in [-0.15, -0.1) is 0 Å². The Morgan fingerprint density at radius 3 is 2.37 bits per heavy atom. The first-order chi connectivity index (χ1) is 14.2. The van der Waals surface area contributed by atoms with Crippen molar-refractivity contribution in [2.45, 2.75) is 91.2 Å². The van der Waals surface area contributed by atoms with Crippen molar-refractivity contribution in [3.63, 3.8) is 0 Å². The van der Waals surface area contributed by atoms with Crippen molar-refractivity contribution < 1.29 is 19.1 Å². The van der Waals surface area contributed by atoms with E-state index in [0.717, 1.165) is 64.6 Å². The lowest BCUT2D eigenvalue weighted by molar-refractivity contribution is -0.150. The number of amides is 1. The highest BCUT2D eigenvalue weighted by molar-refractivity contribution is 5.90. The zero-order valence-corrected chi connectivity index (χ0v) is 19.3. The Labute approximate surface area is 181 Å². The predicted molar refractivity (Wildman–Crippen MR) is 118 cm³/mol. The molecule has 1 heterocycles. The fraction of sp³-hybridized carbons (Fsp3) is 0.792. The molecule has 1 spiro atoms. The highest BCUT2D eigenvalue weighted by Crippen LogP contribution is 2.49. The number of carbonyl (C=O) groups is 3. The Morgan fingerprint density at radius 1 is 1.20 bits per heavy atom. The van der Waals surface area contributed by atoms with Gasteiger partial charge < -0.3 is 15.0 Å². The third kappa shape index (κ3) is 6.40. The topological polar surface area (TPSA) is 75.7 Å². The fourth-order valence-electron chi connectivity index (χ4n) is 4.96.